The van der Waals surface area contributed by atoms with Crippen LogP contribution in [-0.4, -0.2) is 6.29 Å². The molecule has 0 aromatic heterocycles. The van der Waals surface area contributed by atoms with Gasteiger partial charge in [0.15, 0.2) is 0 Å². The van der Waals surface area contributed by atoms with Gasteiger partial charge in [0, 0.05) is 6.42 Å². The molecule has 0 saturated carbocycles. The smallest absolute Gasteiger partial charge is 0.120 e. The van der Waals surface area contributed by atoms with E-state index >= 15 is 0 Å². The Hall–Kier alpha value is -0.590. The van der Waals surface area contributed by atoms with Gasteiger partial charge in [-0.05, 0) is 24.7 Å². The van der Waals surface area contributed by atoms with Crippen LogP contribution in [0.2, 0.25) is 0 Å². The molecule has 10 heavy (non-hydrogen) atoms. The third kappa shape index (κ3) is 1.28. The molecule has 0 bridgehead atoms. The van der Waals surface area contributed by atoms with Crippen molar-refractivity contribution in [2.75, 3.05) is 0 Å². The number of allylic oxidation sites excluding steroid dienone is 2. The molecule has 0 N–H and O–H groups in total. The monoisotopic (exact) mass is 138 g/mol. The Labute approximate surface area is 62.1 Å². The first-order valence-corrected chi connectivity index (χ1v) is 3.94. The zero-order valence-corrected chi connectivity index (χ0v) is 6.47. The van der Waals surface area contributed by atoms with Crippen molar-refractivity contribution in [3.63, 3.8) is 0 Å². The van der Waals surface area contributed by atoms with Gasteiger partial charge in [-0.1, -0.05) is 19.1 Å². The Bertz CT molecular complexity index is 149. The summed E-state index contributed by atoms with van der Waals surface area (Å²) < 4.78 is 0. The van der Waals surface area contributed by atoms with Gasteiger partial charge in [0.05, 0.1) is 0 Å². The molecule has 1 heteroatoms. The molecule has 1 aliphatic carbocycles. The predicted molar refractivity (Wildman–Crippen MR) is 41.8 cm³/mol. The number of hydrogen-bond donors (Lipinski definition) is 0. The van der Waals surface area contributed by atoms with Gasteiger partial charge in [-0.3, -0.25) is 0 Å². The zero-order valence-electron chi connectivity index (χ0n) is 6.47. The quantitative estimate of drug-likeness (QED) is 0.432. The summed E-state index contributed by atoms with van der Waals surface area (Å²) in [5.41, 5.74) is 0.238. The van der Waals surface area contributed by atoms with Gasteiger partial charge in [0.2, 0.25) is 0 Å². The van der Waals surface area contributed by atoms with Gasteiger partial charge in [-0.25, -0.2) is 0 Å². The van der Waals surface area contributed by atoms with E-state index < -0.39 is 0 Å². The maximum absolute atomic E-state index is 10.3. The van der Waals surface area contributed by atoms with Crippen molar-refractivity contribution in [3.8, 4) is 0 Å². The normalized spacial score (nSPS) is 30.9. The Morgan fingerprint density at radius 1 is 1.70 bits per heavy atom. The fraction of sp³-hybridized carbons (Fsp3) is 0.667. The number of carbonyl (C=O) groups is 1. The fourth-order valence-electron chi connectivity index (χ4n) is 1.56. The van der Waals surface area contributed by atoms with Gasteiger partial charge in [0.1, 0.15) is 6.29 Å². The average Bonchev–Trinajstić information content (AvgIpc) is 2.39. The van der Waals surface area contributed by atoms with E-state index in [1.165, 1.54) is 6.42 Å². The molecule has 1 rings (SSSR count). The summed E-state index contributed by atoms with van der Waals surface area (Å²) in [4.78, 5) is 10.3. The Kier molecular flexibility index (Phi) is 2.25. The van der Waals surface area contributed by atoms with Gasteiger partial charge in [-0.15, -0.1) is 0 Å². The minimum Gasteiger partial charge on any atom is -0.303 e. The second-order valence-electron chi connectivity index (χ2n) is 3.03. The zero-order chi connectivity index (χ0) is 7.45. The highest BCUT2D eigenvalue weighted by atomic mass is 16.1. The molecule has 1 aliphatic rings. The second-order valence-corrected chi connectivity index (χ2v) is 3.03. The minimum atomic E-state index is 0.238. The molecule has 0 spiro atoms. The van der Waals surface area contributed by atoms with Crippen LogP contribution in [0.25, 0.3) is 0 Å². The number of carbonyl (C=O) groups excluding carboxylic acids is 1. The van der Waals surface area contributed by atoms with E-state index in [0.717, 1.165) is 19.1 Å². The van der Waals surface area contributed by atoms with Crippen LogP contribution in [0.5, 0.6) is 0 Å². The van der Waals surface area contributed by atoms with Crippen molar-refractivity contribution < 1.29 is 4.79 Å². The average molecular weight is 138 g/mol. The summed E-state index contributed by atoms with van der Waals surface area (Å²) in [7, 11) is 0. The van der Waals surface area contributed by atoms with Crippen molar-refractivity contribution >= 4 is 6.29 Å². The van der Waals surface area contributed by atoms with Crippen LogP contribution in [0, 0.1) is 5.41 Å². The molecule has 0 heterocycles. The lowest BCUT2D eigenvalue weighted by Crippen LogP contribution is -2.13. The van der Waals surface area contributed by atoms with Crippen LogP contribution in [0.4, 0.5) is 0 Å². The fourth-order valence-corrected chi connectivity index (χ4v) is 1.56. The highest BCUT2D eigenvalue weighted by molar-refractivity contribution is 5.51. The summed E-state index contributed by atoms with van der Waals surface area (Å²) in [6.45, 7) is 2.15. The van der Waals surface area contributed by atoms with Crippen molar-refractivity contribution in [2.24, 2.45) is 5.41 Å². The summed E-state index contributed by atoms with van der Waals surface area (Å²) in [5, 5.41) is 0. The highest BCUT2D eigenvalue weighted by Crippen LogP contribution is 2.37. The largest absolute Gasteiger partial charge is 0.303 e. The molecule has 0 radical (unpaired) electrons. The molecule has 0 aromatic rings. The van der Waals surface area contributed by atoms with Crippen LogP contribution in [0.3, 0.4) is 0 Å². The Morgan fingerprint density at radius 3 is 2.90 bits per heavy atom. The Balaban J connectivity index is 2.58. The first-order chi connectivity index (χ1) is 4.83. The van der Waals surface area contributed by atoms with Gasteiger partial charge >= 0.3 is 0 Å². The first kappa shape index (κ1) is 7.52. The molecule has 0 aromatic carbocycles. The summed E-state index contributed by atoms with van der Waals surface area (Å²) >= 11 is 0. The summed E-state index contributed by atoms with van der Waals surface area (Å²) in [6, 6.07) is 0. The molecule has 56 valence electrons. The second kappa shape index (κ2) is 3.00. The molecular formula is C9H14O. The maximum atomic E-state index is 10.3. The van der Waals surface area contributed by atoms with E-state index in [2.05, 4.69) is 19.1 Å². The molecule has 0 aliphatic heterocycles. The molecular weight excluding hydrogens is 124 g/mol. The van der Waals surface area contributed by atoms with Gasteiger partial charge < -0.3 is 4.79 Å². The van der Waals surface area contributed by atoms with Crippen LogP contribution in [-0.2, 0) is 4.79 Å². The van der Waals surface area contributed by atoms with Crippen LogP contribution in [0.1, 0.15) is 32.6 Å². The lowest BCUT2D eigenvalue weighted by Gasteiger charge is -2.22. The predicted octanol–water partition coefficient (Wildman–Crippen LogP) is 2.32. The van der Waals surface area contributed by atoms with E-state index in [9.17, 15) is 4.79 Å². The number of aldehydes is 1. The van der Waals surface area contributed by atoms with Crippen LogP contribution < -0.4 is 0 Å². The van der Waals surface area contributed by atoms with E-state index in [0.29, 0.717) is 6.42 Å². The van der Waals surface area contributed by atoms with Gasteiger partial charge in [-0.2, -0.15) is 0 Å². The first-order valence-electron chi connectivity index (χ1n) is 3.94. The van der Waals surface area contributed by atoms with E-state index in [-0.39, 0.29) is 5.41 Å². The van der Waals surface area contributed by atoms with Gasteiger partial charge in [0.25, 0.3) is 0 Å². The molecule has 1 atom stereocenters. The molecule has 0 saturated heterocycles. The summed E-state index contributed by atoms with van der Waals surface area (Å²) in [5.74, 6) is 0. The topological polar surface area (TPSA) is 17.1 Å². The van der Waals surface area contributed by atoms with Crippen molar-refractivity contribution in [3.05, 3.63) is 12.2 Å². The van der Waals surface area contributed by atoms with Crippen molar-refractivity contribution in [1.82, 2.24) is 0 Å². The van der Waals surface area contributed by atoms with E-state index in [1.54, 1.807) is 0 Å². The third-order valence-electron chi connectivity index (χ3n) is 2.47. The van der Waals surface area contributed by atoms with Crippen molar-refractivity contribution in [2.45, 2.75) is 32.6 Å². The lowest BCUT2D eigenvalue weighted by molar-refractivity contribution is -0.109. The number of hydrogen-bond acceptors (Lipinski definition) is 1. The maximum Gasteiger partial charge on any atom is 0.120 e. The SMILES string of the molecule is CC[C@]1(CC=O)C=CCC1. The third-order valence-corrected chi connectivity index (χ3v) is 2.47. The van der Waals surface area contributed by atoms with E-state index in [4.69, 9.17) is 0 Å². The van der Waals surface area contributed by atoms with Crippen molar-refractivity contribution in [1.29, 1.82) is 0 Å². The van der Waals surface area contributed by atoms with E-state index in [1.807, 2.05) is 0 Å². The standard InChI is InChI=1S/C9H14O/c1-2-9(7-8-10)5-3-4-6-9/h3,5,8H,2,4,6-7H2,1H3/t9-/m0/s1. The molecule has 0 fully saturated rings. The minimum absolute atomic E-state index is 0.238. The lowest BCUT2D eigenvalue weighted by atomic mass is 9.82. The van der Waals surface area contributed by atoms with Crippen LogP contribution in [0.15, 0.2) is 12.2 Å². The molecule has 1 nitrogen and oxygen atoms in total. The van der Waals surface area contributed by atoms with Crippen LogP contribution >= 0.6 is 0 Å². The highest BCUT2D eigenvalue weighted by Gasteiger charge is 2.26. The molecule has 0 unspecified atom stereocenters. The molecule has 0 amide bonds. The number of rotatable bonds is 3. The Morgan fingerprint density at radius 2 is 2.50 bits per heavy atom. The summed E-state index contributed by atoms with van der Waals surface area (Å²) in [6.07, 6.45) is 9.57.